The van der Waals surface area contributed by atoms with E-state index in [0.717, 1.165) is 0 Å². The van der Waals surface area contributed by atoms with E-state index in [1.54, 1.807) is 0 Å². The van der Waals surface area contributed by atoms with Gasteiger partial charge in [-0.15, -0.1) is 0 Å². The number of aliphatic carboxylic acids is 1. The van der Waals surface area contributed by atoms with Crippen molar-refractivity contribution in [1.82, 2.24) is 9.88 Å². The number of amides is 1. The lowest BCUT2D eigenvalue weighted by Crippen LogP contribution is -2.43. The van der Waals surface area contributed by atoms with Crippen LogP contribution in [0.15, 0.2) is 24.5 Å². The van der Waals surface area contributed by atoms with Crippen LogP contribution < -0.4 is 5.32 Å². The van der Waals surface area contributed by atoms with Crippen molar-refractivity contribution in [2.24, 2.45) is 0 Å². The molecule has 1 saturated carbocycles. The Morgan fingerprint density at radius 1 is 1.31 bits per heavy atom. The van der Waals surface area contributed by atoms with Gasteiger partial charge in [0.2, 0.25) is 5.91 Å². The number of nitrogens with one attached hydrogen (secondary N) is 1. The third kappa shape index (κ3) is 2.24. The van der Waals surface area contributed by atoms with E-state index in [9.17, 15) is 9.59 Å². The van der Waals surface area contributed by atoms with E-state index in [1.807, 2.05) is 29.1 Å². The summed E-state index contributed by atoms with van der Waals surface area (Å²) in [5.74, 6) is -1.13. The molecule has 0 saturated heterocycles. The number of carbonyl (C=O) groups excluding carboxylic acids is 1. The molecule has 1 aromatic rings. The fourth-order valence-electron chi connectivity index (χ4n) is 1.60. The number of carbonyl (C=O) groups is 2. The smallest absolute Gasteiger partial charge is 0.329 e. The van der Waals surface area contributed by atoms with Gasteiger partial charge in [-0.05, 0) is 25.0 Å². The van der Waals surface area contributed by atoms with Crippen LogP contribution in [0.25, 0.3) is 0 Å². The van der Waals surface area contributed by atoms with Crippen molar-refractivity contribution in [1.29, 1.82) is 0 Å². The molecule has 1 aliphatic rings. The van der Waals surface area contributed by atoms with Crippen molar-refractivity contribution < 1.29 is 14.7 Å². The fraction of sp³-hybridized carbons (Fsp3) is 0.455. The Morgan fingerprint density at radius 3 is 2.44 bits per heavy atom. The molecule has 86 valence electrons. The Morgan fingerprint density at radius 2 is 1.94 bits per heavy atom. The van der Waals surface area contributed by atoms with E-state index in [-0.39, 0.29) is 5.91 Å². The zero-order valence-electron chi connectivity index (χ0n) is 8.85. The standard InChI is InChI=1S/C11H14N2O3/c14-9(3-8-13-6-1-2-7-13)12-11(4-5-11)10(15)16/h1-2,6-7H,3-5,8H2,(H,12,14)(H,15,16). The monoisotopic (exact) mass is 222 g/mol. The average Bonchev–Trinajstić information content (AvgIpc) is 2.84. The largest absolute Gasteiger partial charge is 0.480 e. The minimum Gasteiger partial charge on any atom is -0.480 e. The molecule has 0 radical (unpaired) electrons. The second-order valence-electron chi connectivity index (χ2n) is 4.11. The molecular weight excluding hydrogens is 208 g/mol. The molecule has 1 heterocycles. The summed E-state index contributed by atoms with van der Waals surface area (Å²) >= 11 is 0. The maximum absolute atomic E-state index is 11.5. The van der Waals surface area contributed by atoms with E-state index in [2.05, 4.69) is 5.32 Å². The molecule has 16 heavy (non-hydrogen) atoms. The minimum absolute atomic E-state index is 0.200. The number of aromatic nitrogens is 1. The quantitative estimate of drug-likeness (QED) is 0.766. The Kier molecular flexibility index (Phi) is 2.68. The Bertz CT molecular complexity index is 393. The van der Waals surface area contributed by atoms with Gasteiger partial charge in [0.1, 0.15) is 5.54 Å². The van der Waals surface area contributed by atoms with Crippen molar-refractivity contribution in [2.75, 3.05) is 0 Å². The maximum atomic E-state index is 11.5. The molecule has 1 fully saturated rings. The van der Waals surface area contributed by atoms with Crippen LogP contribution in [0.3, 0.4) is 0 Å². The van der Waals surface area contributed by atoms with Crippen molar-refractivity contribution in [3.63, 3.8) is 0 Å². The zero-order chi connectivity index (χ0) is 11.6. The van der Waals surface area contributed by atoms with E-state index >= 15 is 0 Å². The first-order valence-electron chi connectivity index (χ1n) is 5.28. The third-order valence-electron chi connectivity index (χ3n) is 2.80. The highest BCUT2D eigenvalue weighted by molar-refractivity contribution is 5.89. The summed E-state index contributed by atoms with van der Waals surface area (Å²) in [6.45, 7) is 0.578. The Hall–Kier alpha value is -1.78. The lowest BCUT2D eigenvalue weighted by atomic mass is 10.2. The molecule has 0 atom stereocenters. The first-order chi connectivity index (χ1) is 7.62. The normalized spacial score (nSPS) is 16.8. The van der Waals surface area contributed by atoms with Gasteiger partial charge in [0.05, 0.1) is 0 Å². The number of hydrogen-bond acceptors (Lipinski definition) is 2. The molecule has 1 aliphatic carbocycles. The summed E-state index contributed by atoms with van der Waals surface area (Å²) in [4.78, 5) is 22.3. The van der Waals surface area contributed by atoms with E-state index in [1.165, 1.54) is 0 Å². The van der Waals surface area contributed by atoms with Crippen molar-refractivity contribution in [2.45, 2.75) is 31.3 Å². The predicted octanol–water partition coefficient (Wildman–Crippen LogP) is 0.612. The van der Waals surface area contributed by atoms with Crippen LogP contribution in [0, 0.1) is 0 Å². The summed E-state index contributed by atoms with van der Waals surface area (Å²) in [7, 11) is 0. The summed E-state index contributed by atoms with van der Waals surface area (Å²) in [5.41, 5.74) is -0.965. The molecule has 0 bridgehead atoms. The SMILES string of the molecule is O=C(CCn1cccc1)NC1(C(=O)O)CC1. The summed E-state index contributed by atoms with van der Waals surface area (Å²) in [6.07, 6.45) is 5.13. The second kappa shape index (κ2) is 4.00. The molecular formula is C11H14N2O3. The van der Waals surface area contributed by atoms with E-state index in [0.29, 0.717) is 25.8 Å². The Balaban J connectivity index is 1.79. The zero-order valence-corrected chi connectivity index (χ0v) is 8.85. The molecule has 5 heteroatoms. The summed E-state index contributed by atoms with van der Waals surface area (Å²) in [6, 6.07) is 3.77. The summed E-state index contributed by atoms with van der Waals surface area (Å²) in [5, 5.41) is 11.5. The molecule has 0 aliphatic heterocycles. The molecule has 2 N–H and O–H groups in total. The number of carboxylic acids is 1. The van der Waals surface area contributed by atoms with Gasteiger partial charge in [-0.25, -0.2) is 4.79 Å². The highest BCUT2D eigenvalue weighted by atomic mass is 16.4. The number of nitrogens with zero attached hydrogens (tertiary/aromatic N) is 1. The number of aryl methyl sites for hydroxylation is 1. The van der Waals surface area contributed by atoms with Gasteiger partial charge in [-0.3, -0.25) is 4.79 Å². The molecule has 1 amide bonds. The first-order valence-corrected chi connectivity index (χ1v) is 5.28. The first kappa shape index (κ1) is 10.7. The minimum atomic E-state index is -0.965. The average molecular weight is 222 g/mol. The van der Waals surface area contributed by atoms with Gasteiger partial charge in [-0.1, -0.05) is 0 Å². The summed E-state index contributed by atoms with van der Waals surface area (Å²) < 4.78 is 1.89. The van der Waals surface area contributed by atoms with Gasteiger partial charge in [-0.2, -0.15) is 0 Å². The highest BCUT2D eigenvalue weighted by Crippen LogP contribution is 2.35. The molecule has 0 unspecified atom stereocenters. The Labute approximate surface area is 93.1 Å². The molecule has 0 spiro atoms. The van der Waals surface area contributed by atoms with Gasteiger partial charge in [0, 0.05) is 25.4 Å². The number of hydrogen-bond donors (Lipinski definition) is 2. The predicted molar refractivity (Wildman–Crippen MR) is 56.8 cm³/mol. The van der Waals surface area contributed by atoms with Gasteiger partial charge < -0.3 is 15.0 Å². The van der Waals surface area contributed by atoms with Gasteiger partial charge >= 0.3 is 5.97 Å². The second-order valence-corrected chi connectivity index (χ2v) is 4.11. The van der Waals surface area contributed by atoms with Crippen molar-refractivity contribution in [3.05, 3.63) is 24.5 Å². The fourth-order valence-corrected chi connectivity index (χ4v) is 1.60. The van der Waals surface area contributed by atoms with Gasteiger partial charge in [0.25, 0.3) is 0 Å². The number of carboxylic acid groups (broad SMARTS) is 1. The molecule has 0 aromatic carbocycles. The van der Waals surface area contributed by atoms with Crippen LogP contribution in [-0.4, -0.2) is 27.1 Å². The van der Waals surface area contributed by atoms with Crippen molar-refractivity contribution in [3.8, 4) is 0 Å². The lowest BCUT2D eigenvalue weighted by molar-refractivity contribution is -0.143. The van der Waals surface area contributed by atoms with Gasteiger partial charge in [0.15, 0.2) is 0 Å². The third-order valence-corrected chi connectivity index (χ3v) is 2.80. The van der Waals surface area contributed by atoms with Crippen LogP contribution in [0.2, 0.25) is 0 Å². The molecule has 2 rings (SSSR count). The van der Waals surface area contributed by atoms with Crippen LogP contribution >= 0.6 is 0 Å². The van der Waals surface area contributed by atoms with Crippen LogP contribution in [-0.2, 0) is 16.1 Å². The topological polar surface area (TPSA) is 71.3 Å². The van der Waals surface area contributed by atoms with Crippen LogP contribution in [0.5, 0.6) is 0 Å². The van der Waals surface area contributed by atoms with E-state index < -0.39 is 11.5 Å². The molecule has 5 nitrogen and oxygen atoms in total. The highest BCUT2D eigenvalue weighted by Gasteiger charge is 2.51. The number of rotatable bonds is 5. The lowest BCUT2D eigenvalue weighted by Gasteiger charge is -2.12. The maximum Gasteiger partial charge on any atom is 0.329 e. The molecule has 1 aromatic heterocycles. The van der Waals surface area contributed by atoms with Crippen LogP contribution in [0.1, 0.15) is 19.3 Å². The van der Waals surface area contributed by atoms with E-state index in [4.69, 9.17) is 5.11 Å². The van der Waals surface area contributed by atoms with Crippen LogP contribution in [0.4, 0.5) is 0 Å². The van der Waals surface area contributed by atoms with Crippen molar-refractivity contribution >= 4 is 11.9 Å².